The maximum absolute atomic E-state index is 12.5. The van der Waals surface area contributed by atoms with Gasteiger partial charge >= 0.3 is 0 Å². The molecular weight excluding hydrogens is 358 g/mol. The Balaban J connectivity index is 1.69. The molecule has 0 aliphatic carbocycles. The van der Waals surface area contributed by atoms with Crippen molar-refractivity contribution in [2.24, 2.45) is 7.05 Å². The Kier molecular flexibility index (Phi) is 5.58. The minimum atomic E-state index is -0.256. The van der Waals surface area contributed by atoms with Gasteiger partial charge in [-0.25, -0.2) is 4.98 Å². The van der Waals surface area contributed by atoms with Gasteiger partial charge in [0, 0.05) is 37.0 Å². The quantitative estimate of drug-likeness (QED) is 0.702. The second-order valence-electron chi connectivity index (χ2n) is 6.48. The fraction of sp³-hybridized carbons (Fsp3) is 0.300. The number of rotatable bonds is 6. The van der Waals surface area contributed by atoms with Gasteiger partial charge in [-0.05, 0) is 32.0 Å². The molecule has 146 valence electrons. The summed E-state index contributed by atoms with van der Waals surface area (Å²) in [4.78, 5) is 28.9. The lowest BCUT2D eigenvalue weighted by molar-refractivity contribution is 0.0942. The van der Waals surface area contributed by atoms with E-state index in [1.165, 1.54) is 15.6 Å². The summed E-state index contributed by atoms with van der Waals surface area (Å²) < 4.78 is 8.26. The first-order valence-electron chi connectivity index (χ1n) is 8.90. The van der Waals surface area contributed by atoms with Crippen molar-refractivity contribution in [3.63, 3.8) is 0 Å². The van der Waals surface area contributed by atoms with Crippen LogP contribution in [0.5, 0.6) is 5.75 Å². The topological polar surface area (TPSA) is 91.0 Å². The molecule has 0 spiro atoms. The van der Waals surface area contributed by atoms with E-state index in [1.54, 1.807) is 34.1 Å². The summed E-state index contributed by atoms with van der Waals surface area (Å²) in [7, 11) is 3.32. The fourth-order valence-corrected chi connectivity index (χ4v) is 2.82. The number of ether oxygens (including phenoxy) is 1. The molecule has 2 heterocycles. The Hall–Kier alpha value is -3.42. The van der Waals surface area contributed by atoms with Gasteiger partial charge in [-0.3, -0.25) is 18.8 Å². The number of aryl methyl sites for hydroxylation is 2. The number of hydrogen-bond donors (Lipinski definition) is 1. The highest BCUT2D eigenvalue weighted by atomic mass is 16.5. The lowest BCUT2D eigenvalue weighted by Gasteiger charge is -2.09. The van der Waals surface area contributed by atoms with E-state index in [1.807, 2.05) is 24.3 Å². The van der Waals surface area contributed by atoms with Gasteiger partial charge in [-0.2, -0.15) is 5.10 Å². The Morgan fingerprint density at radius 3 is 2.79 bits per heavy atom. The molecule has 0 atom stereocenters. The molecular formula is C20H23N5O3. The van der Waals surface area contributed by atoms with E-state index in [0.717, 1.165) is 11.3 Å². The summed E-state index contributed by atoms with van der Waals surface area (Å²) >= 11 is 0. The molecule has 0 aliphatic rings. The first-order chi connectivity index (χ1) is 13.4. The number of benzene rings is 1. The first-order valence-corrected chi connectivity index (χ1v) is 8.90. The SMILES string of the molecule is COc1cccc(-c2cc(C(=O)NCCn3cnc(C)c(C)c3=O)n(C)n2)c1. The van der Waals surface area contributed by atoms with E-state index in [0.29, 0.717) is 35.7 Å². The number of nitrogens with one attached hydrogen (secondary N) is 1. The van der Waals surface area contributed by atoms with Gasteiger partial charge in [0.25, 0.3) is 11.5 Å². The van der Waals surface area contributed by atoms with Crippen molar-refractivity contribution in [3.8, 4) is 17.0 Å². The number of carbonyl (C=O) groups is 1. The Labute approximate surface area is 162 Å². The van der Waals surface area contributed by atoms with Crippen molar-refractivity contribution < 1.29 is 9.53 Å². The molecule has 1 aromatic carbocycles. The average molecular weight is 381 g/mol. The lowest BCUT2D eigenvalue weighted by Crippen LogP contribution is -2.32. The summed E-state index contributed by atoms with van der Waals surface area (Å²) in [5.41, 5.74) is 3.21. The summed E-state index contributed by atoms with van der Waals surface area (Å²) in [5.74, 6) is 0.468. The standard InChI is InChI=1S/C20H23N5O3/c1-13-14(2)22-12-25(20(13)27)9-8-21-19(26)18-11-17(23-24(18)3)15-6-5-7-16(10-15)28-4/h5-7,10-12H,8-9H2,1-4H3,(H,21,26). The van der Waals surface area contributed by atoms with Crippen LogP contribution in [0.1, 0.15) is 21.7 Å². The van der Waals surface area contributed by atoms with Crippen molar-refractivity contribution in [1.82, 2.24) is 24.6 Å². The maximum atomic E-state index is 12.5. The van der Waals surface area contributed by atoms with Gasteiger partial charge in [-0.15, -0.1) is 0 Å². The number of amides is 1. The third-order valence-electron chi connectivity index (χ3n) is 4.63. The minimum Gasteiger partial charge on any atom is -0.497 e. The summed E-state index contributed by atoms with van der Waals surface area (Å²) in [6.45, 7) is 4.20. The highest BCUT2D eigenvalue weighted by molar-refractivity contribution is 5.93. The van der Waals surface area contributed by atoms with Crippen LogP contribution in [0.2, 0.25) is 0 Å². The highest BCUT2D eigenvalue weighted by Crippen LogP contribution is 2.23. The van der Waals surface area contributed by atoms with Gasteiger partial charge in [-0.1, -0.05) is 12.1 Å². The Bertz CT molecular complexity index is 1070. The zero-order valence-corrected chi connectivity index (χ0v) is 16.4. The van der Waals surface area contributed by atoms with Crippen molar-refractivity contribution in [2.45, 2.75) is 20.4 Å². The number of aromatic nitrogens is 4. The van der Waals surface area contributed by atoms with Crippen molar-refractivity contribution >= 4 is 5.91 Å². The smallest absolute Gasteiger partial charge is 0.269 e. The predicted molar refractivity (Wildman–Crippen MR) is 106 cm³/mol. The van der Waals surface area contributed by atoms with Crippen LogP contribution in [0, 0.1) is 13.8 Å². The van der Waals surface area contributed by atoms with Crippen LogP contribution in [-0.2, 0) is 13.6 Å². The van der Waals surface area contributed by atoms with Gasteiger partial charge in [0.05, 0.1) is 19.1 Å². The van der Waals surface area contributed by atoms with Crippen LogP contribution in [-0.4, -0.2) is 38.9 Å². The molecule has 8 heteroatoms. The lowest BCUT2D eigenvalue weighted by atomic mass is 10.1. The Morgan fingerprint density at radius 1 is 1.25 bits per heavy atom. The minimum absolute atomic E-state index is 0.0948. The third-order valence-corrected chi connectivity index (χ3v) is 4.63. The molecule has 1 amide bonds. The van der Waals surface area contributed by atoms with Crippen molar-refractivity contribution in [3.05, 3.63) is 64.0 Å². The third kappa shape index (κ3) is 3.95. The van der Waals surface area contributed by atoms with E-state index < -0.39 is 0 Å². The molecule has 3 rings (SSSR count). The van der Waals surface area contributed by atoms with Crippen LogP contribution in [0.15, 0.2) is 41.5 Å². The molecule has 0 aliphatic heterocycles. The molecule has 2 aromatic heterocycles. The highest BCUT2D eigenvalue weighted by Gasteiger charge is 2.14. The van der Waals surface area contributed by atoms with Gasteiger partial charge in [0.2, 0.25) is 0 Å². The van der Waals surface area contributed by atoms with E-state index in [2.05, 4.69) is 15.4 Å². The van der Waals surface area contributed by atoms with Crippen LogP contribution < -0.4 is 15.6 Å². The van der Waals surface area contributed by atoms with Gasteiger partial charge < -0.3 is 10.1 Å². The number of methoxy groups -OCH3 is 1. The molecule has 0 radical (unpaired) electrons. The number of nitrogens with zero attached hydrogens (tertiary/aromatic N) is 4. The monoisotopic (exact) mass is 381 g/mol. The van der Waals surface area contributed by atoms with Crippen LogP contribution in [0.4, 0.5) is 0 Å². The van der Waals surface area contributed by atoms with E-state index in [9.17, 15) is 9.59 Å². The molecule has 0 unspecified atom stereocenters. The molecule has 3 aromatic rings. The zero-order valence-electron chi connectivity index (χ0n) is 16.4. The van der Waals surface area contributed by atoms with Crippen LogP contribution in [0.25, 0.3) is 11.3 Å². The first kappa shape index (κ1) is 19.3. The second-order valence-corrected chi connectivity index (χ2v) is 6.48. The van der Waals surface area contributed by atoms with E-state index in [-0.39, 0.29) is 11.5 Å². The summed E-state index contributed by atoms with van der Waals surface area (Å²) in [6.07, 6.45) is 1.50. The summed E-state index contributed by atoms with van der Waals surface area (Å²) in [5, 5.41) is 7.24. The van der Waals surface area contributed by atoms with Crippen LogP contribution in [0.3, 0.4) is 0 Å². The van der Waals surface area contributed by atoms with E-state index in [4.69, 9.17) is 4.74 Å². The molecule has 8 nitrogen and oxygen atoms in total. The largest absolute Gasteiger partial charge is 0.497 e. The molecule has 0 fully saturated rings. The van der Waals surface area contributed by atoms with Crippen molar-refractivity contribution in [1.29, 1.82) is 0 Å². The molecule has 28 heavy (non-hydrogen) atoms. The van der Waals surface area contributed by atoms with Crippen LogP contribution >= 0.6 is 0 Å². The fourth-order valence-electron chi connectivity index (χ4n) is 2.82. The second kappa shape index (κ2) is 8.08. The predicted octanol–water partition coefficient (Wildman–Crippen LogP) is 1.70. The average Bonchev–Trinajstić information content (AvgIpc) is 3.09. The zero-order chi connectivity index (χ0) is 20.3. The van der Waals surface area contributed by atoms with Gasteiger partial charge in [0.15, 0.2) is 0 Å². The number of hydrogen-bond acceptors (Lipinski definition) is 5. The molecule has 1 N–H and O–H groups in total. The number of carbonyl (C=O) groups excluding carboxylic acids is 1. The van der Waals surface area contributed by atoms with Crippen molar-refractivity contribution in [2.75, 3.05) is 13.7 Å². The Morgan fingerprint density at radius 2 is 2.04 bits per heavy atom. The van der Waals surface area contributed by atoms with E-state index >= 15 is 0 Å². The normalized spacial score (nSPS) is 10.7. The molecule has 0 bridgehead atoms. The molecule has 0 saturated heterocycles. The van der Waals surface area contributed by atoms with Gasteiger partial charge in [0.1, 0.15) is 11.4 Å². The summed E-state index contributed by atoms with van der Waals surface area (Å²) in [6, 6.07) is 9.23. The molecule has 0 saturated carbocycles. The maximum Gasteiger partial charge on any atom is 0.269 e.